The standard InChI is InChI=1S/C13H15ClN4O/c1-2-16-6-9-3-4-12(11(14)5-9)18-8-10(7-17-18)13(15)19/h3-5,7-8,16H,2,6H2,1H3,(H2,15,19). The second-order valence-electron chi connectivity index (χ2n) is 4.10. The lowest BCUT2D eigenvalue weighted by Gasteiger charge is -2.07. The highest BCUT2D eigenvalue weighted by Crippen LogP contribution is 2.21. The smallest absolute Gasteiger partial charge is 0.251 e. The van der Waals surface area contributed by atoms with E-state index in [4.69, 9.17) is 17.3 Å². The van der Waals surface area contributed by atoms with Gasteiger partial charge in [0.25, 0.3) is 5.91 Å². The fourth-order valence-electron chi connectivity index (χ4n) is 1.70. The first kappa shape index (κ1) is 13.6. The van der Waals surface area contributed by atoms with E-state index in [2.05, 4.69) is 10.4 Å². The molecule has 0 bridgehead atoms. The average molecular weight is 279 g/mol. The van der Waals surface area contributed by atoms with E-state index < -0.39 is 5.91 Å². The Kier molecular flexibility index (Phi) is 4.19. The number of benzene rings is 1. The normalized spacial score (nSPS) is 10.6. The number of amides is 1. The summed E-state index contributed by atoms with van der Waals surface area (Å²) in [5, 5.41) is 7.88. The summed E-state index contributed by atoms with van der Waals surface area (Å²) in [5.74, 6) is -0.508. The number of rotatable bonds is 5. The molecule has 19 heavy (non-hydrogen) atoms. The molecular formula is C13H15ClN4O. The van der Waals surface area contributed by atoms with Crippen molar-refractivity contribution in [1.82, 2.24) is 15.1 Å². The third-order valence-corrected chi connectivity index (χ3v) is 3.01. The Morgan fingerprint density at radius 1 is 1.53 bits per heavy atom. The van der Waals surface area contributed by atoms with Gasteiger partial charge in [0, 0.05) is 12.7 Å². The Labute approximate surface area is 116 Å². The predicted octanol–water partition coefficient (Wildman–Crippen LogP) is 1.73. The minimum atomic E-state index is -0.508. The molecule has 6 heteroatoms. The van der Waals surface area contributed by atoms with Gasteiger partial charge in [-0.15, -0.1) is 0 Å². The van der Waals surface area contributed by atoms with Gasteiger partial charge in [-0.3, -0.25) is 4.79 Å². The van der Waals surface area contributed by atoms with E-state index in [0.717, 1.165) is 24.3 Å². The summed E-state index contributed by atoms with van der Waals surface area (Å²) in [6.45, 7) is 3.72. The maximum Gasteiger partial charge on any atom is 0.251 e. The third kappa shape index (κ3) is 3.13. The topological polar surface area (TPSA) is 72.9 Å². The van der Waals surface area contributed by atoms with Crippen molar-refractivity contribution in [2.75, 3.05) is 6.54 Å². The molecule has 0 unspecified atom stereocenters. The third-order valence-electron chi connectivity index (χ3n) is 2.71. The maximum absolute atomic E-state index is 11.0. The predicted molar refractivity (Wildman–Crippen MR) is 74.5 cm³/mol. The number of primary amides is 1. The Morgan fingerprint density at radius 2 is 2.32 bits per heavy atom. The maximum atomic E-state index is 11.0. The molecule has 0 spiro atoms. The molecule has 0 aliphatic carbocycles. The fourth-order valence-corrected chi connectivity index (χ4v) is 1.99. The van der Waals surface area contributed by atoms with Gasteiger partial charge in [0.15, 0.2) is 0 Å². The van der Waals surface area contributed by atoms with Gasteiger partial charge in [-0.25, -0.2) is 4.68 Å². The number of carbonyl (C=O) groups is 1. The Hall–Kier alpha value is -1.85. The van der Waals surface area contributed by atoms with Crippen LogP contribution in [0.3, 0.4) is 0 Å². The number of carbonyl (C=O) groups excluding carboxylic acids is 1. The average Bonchev–Trinajstić information content (AvgIpc) is 2.86. The Bertz CT molecular complexity index is 594. The molecule has 1 heterocycles. The van der Waals surface area contributed by atoms with E-state index in [9.17, 15) is 4.79 Å². The summed E-state index contributed by atoms with van der Waals surface area (Å²) in [6, 6.07) is 5.72. The van der Waals surface area contributed by atoms with Gasteiger partial charge in [-0.05, 0) is 24.2 Å². The van der Waals surface area contributed by atoms with Crippen molar-refractivity contribution in [3.8, 4) is 5.69 Å². The molecule has 0 saturated heterocycles. The summed E-state index contributed by atoms with van der Waals surface area (Å²) in [7, 11) is 0. The summed E-state index contributed by atoms with van der Waals surface area (Å²) in [5.41, 5.74) is 7.36. The minimum Gasteiger partial charge on any atom is -0.366 e. The van der Waals surface area contributed by atoms with Crippen molar-refractivity contribution in [2.45, 2.75) is 13.5 Å². The number of nitrogens with zero attached hydrogens (tertiary/aromatic N) is 2. The molecule has 2 aromatic rings. The second kappa shape index (κ2) is 5.86. The van der Waals surface area contributed by atoms with Crippen molar-refractivity contribution < 1.29 is 4.79 Å². The van der Waals surface area contributed by atoms with Crippen molar-refractivity contribution in [3.05, 3.63) is 46.7 Å². The number of nitrogens with one attached hydrogen (secondary N) is 1. The van der Waals surface area contributed by atoms with E-state index >= 15 is 0 Å². The minimum absolute atomic E-state index is 0.354. The van der Waals surface area contributed by atoms with Crippen molar-refractivity contribution >= 4 is 17.5 Å². The highest BCUT2D eigenvalue weighted by atomic mass is 35.5. The second-order valence-corrected chi connectivity index (χ2v) is 4.51. The first-order valence-electron chi connectivity index (χ1n) is 5.95. The summed E-state index contributed by atoms with van der Waals surface area (Å²) >= 11 is 6.23. The highest BCUT2D eigenvalue weighted by molar-refractivity contribution is 6.32. The fraction of sp³-hybridized carbons (Fsp3) is 0.231. The molecule has 100 valence electrons. The van der Waals surface area contributed by atoms with Crippen LogP contribution in [0.4, 0.5) is 0 Å². The molecule has 0 aliphatic heterocycles. The zero-order chi connectivity index (χ0) is 13.8. The van der Waals surface area contributed by atoms with Crippen LogP contribution in [-0.4, -0.2) is 22.2 Å². The molecule has 0 radical (unpaired) electrons. The monoisotopic (exact) mass is 278 g/mol. The highest BCUT2D eigenvalue weighted by Gasteiger charge is 2.08. The zero-order valence-corrected chi connectivity index (χ0v) is 11.3. The zero-order valence-electron chi connectivity index (χ0n) is 10.6. The molecule has 1 amide bonds. The van der Waals surface area contributed by atoms with Crippen LogP contribution in [0.25, 0.3) is 5.69 Å². The van der Waals surface area contributed by atoms with Gasteiger partial charge < -0.3 is 11.1 Å². The van der Waals surface area contributed by atoms with Gasteiger partial charge in [0.1, 0.15) is 0 Å². The van der Waals surface area contributed by atoms with Crippen LogP contribution >= 0.6 is 11.6 Å². The SMILES string of the molecule is CCNCc1ccc(-n2cc(C(N)=O)cn2)c(Cl)c1. The number of hydrogen-bond donors (Lipinski definition) is 2. The van der Waals surface area contributed by atoms with Gasteiger partial charge >= 0.3 is 0 Å². The van der Waals surface area contributed by atoms with E-state index in [1.807, 2.05) is 25.1 Å². The lowest BCUT2D eigenvalue weighted by Crippen LogP contribution is -2.11. The van der Waals surface area contributed by atoms with Crippen LogP contribution in [0.2, 0.25) is 5.02 Å². The van der Waals surface area contributed by atoms with Crippen molar-refractivity contribution in [3.63, 3.8) is 0 Å². The number of hydrogen-bond acceptors (Lipinski definition) is 3. The Balaban J connectivity index is 2.26. The largest absolute Gasteiger partial charge is 0.366 e. The lowest BCUT2D eigenvalue weighted by atomic mass is 10.2. The number of halogens is 1. The number of aromatic nitrogens is 2. The number of nitrogens with two attached hydrogens (primary N) is 1. The van der Waals surface area contributed by atoms with Crippen LogP contribution < -0.4 is 11.1 Å². The molecule has 5 nitrogen and oxygen atoms in total. The summed E-state index contributed by atoms with van der Waals surface area (Å²) < 4.78 is 1.54. The van der Waals surface area contributed by atoms with E-state index in [-0.39, 0.29) is 0 Å². The molecule has 0 atom stereocenters. The molecule has 1 aromatic heterocycles. The Morgan fingerprint density at radius 3 is 2.89 bits per heavy atom. The van der Waals surface area contributed by atoms with E-state index in [1.165, 1.54) is 6.20 Å². The first-order chi connectivity index (χ1) is 9.11. The van der Waals surface area contributed by atoms with Crippen LogP contribution in [0.15, 0.2) is 30.6 Å². The molecule has 3 N–H and O–H groups in total. The summed E-state index contributed by atoms with van der Waals surface area (Å²) in [6.07, 6.45) is 2.98. The molecule has 1 aromatic carbocycles. The molecule has 2 rings (SSSR count). The van der Waals surface area contributed by atoms with Crippen molar-refractivity contribution in [2.24, 2.45) is 5.73 Å². The molecule has 0 aliphatic rings. The molecular weight excluding hydrogens is 264 g/mol. The van der Waals surface area contributed by atoms with Gasteiger partial charge in [-0.2, -0.15) is 5.10 Å². The van der Waals surface area contributed by atoms with Crippen molar-refractivity contribution in [1.29, 1.82) is 0 Å². The quantitative estimate of drug-likeness (QED) is 0.875. The van der Waals surface area contributed by atoms with Crippen LogP contribution in [0.5, 0.6) is 0 Å². The molecule has 0 fully saturated rings. The van der Waals surface area contributed by atoms with Gasteiger partial charge in [0.2, 0.25) is 0 Å². The lowest BCUT2D eigenvalue weighted by molar-refractivity contribution is 0.100. The van der Waals surface area contributed by atoms with Crippen LogP contribution in [0, 0.1) is 0 Å². The first-order valence-corrected chi connectivity index (χ1v) is 6.33. The summed E-state index contributed by atoms with van der Waals surface area (Å²) in [4.78, 5) is 11.0. The van der Waals surface area contributed by atoms with Gasteiger partial charge in [0.05, 0.1) is 22.5 Å². The molecule has 0 saturated carbocycles. The van der Waals surface area contributed by atoms with E-state index in [1.54, 1.807) is 10.9 Å². The van der Waals surface area contributed by atoms with Gasteiger partial charge in [-0.1, -0.05) is 24.6 Å². The van der Waals surface area contributed by atoms with E-state index in [0.29, 0.717) is 10.6 Å². The van der Waals surface area contributed by atoms with Crippen LogP contribution in [0.1, 0.15) is 22.8 Å². The van der Waals surface area contributed by atoms with Crippen LogP contribution in [-0.2, 0) is 6.54 Å².